The van der Waals surface area contributed by atoms with E-state index in [1.54, 1.807) is 11.9 Å². The highest BCUT2D eigenvalue weighted by Crippen LogP contribution is 2.18. The van der Waals surface area contributed by atoms with Gasteiger partial charge in [0.25, 0.3) is 5.91 Å². The van der Waals surface area contributed by atoms with E-state index in [0.29, 0.717) is 12.5 Å². The zero-order valence-corrected chi connectivity index (χ0v) is 10.9. The Labute approximate surface area is 111 Å². The second-order valence-electron chi connectivity index (χ2n) is 4.92. The highest BCUT2D eigenvalue weighted by molar-refractivity contribution is 6.36. The van der Waals surface area contributed by atoms with Crippen LogP contribution in [0.4, 0.5) is 0 Å². The maximum Gasteiger partial charge on any atom is 0.353 e. The summed E-state index contributed by atoms with van der Waals surface area (Å²) in [5.41, 5.74) is -0.0992. The maximum absolute atomic E-state index is 12.1. The molecule has 1 atom stereocenters. The number of carboxylic acids is 1. The Morgan fingerprint density at radius 2 is 2.11 bits per heavy atom. The molecule has 0 bridgehead atoms. The largest absolute Gasteiger partial charge is 0.477 e. The fourth-order valence-electron chi connectivity index (χ4n) is 2.29. The molecule has 0 aromatic heterocycles. The van der Waals surface area contributed by atoms with Crippen molar-refractivity contribution in [1.82, 2.24) is 4.90 Å². The van der Waals surface area contributed by atoms with Crippen LogP contribution in [0, 0.1) is 5.92 Å². The molecular formula is C12H18N2O5. The van der Waals surface area contributed by atoms with Crippen molar-refractivity contribution in [2.75, 3.05) is 26.8 Å². The van der Waals surface area contributed by atoms with Gasteiger partial charge in [0.2, 0.25) is 6.10 Å². The van der Waals surface area contributed by atoms with E-state index in [1.807, 2.05) is 0 Å². The topological polar surface area (TPSA) is 88.4 Å². The first kappa shape index (κ1) is 13.8. The number of carboxylic acid groups (broad SMARTS) is 1. The third-order valence-corrected chi connectivity index (χ3v) is 3.44. The van der Waals surface area contributed by atoms with Gasteiger partial charge in [0.05, 0.1) is 0 Å². The van der Waals surface area contributed by atoms with Crippen LogP contribution in [0.1, 0.15) is 19.3 Å². The summed E-state index contributed by atoms with van der Waals surface area (Å²) in [5.74, 6) is -0.919. The van der Waals surface area contributed by atoms with Gasteiger partial charge in [0.1, 0.15) is 0 Å². The normalized spacial score (nSPS) is 23.6. The lowest BCUT2D eigenvalue weighted by Crippen LogP contribution is -2.40. The molecule has 1 unspecified atom stereocenters. The SMILES string of the molecule is CN(CC1CCOCC1)C(=O)C1CC(C(=O)O)=NO1. The zero-order chi connectivity index (χ0) is 13.8. The molecular weight excluding hydrogens is 252 g/mol. The van der Waals surface area contributed by atoms with Crippen molar-refractivity contribution < 1.29 is 24.3 Å². The Morgan fingerprint density at radius 1 is 1.42 bits per heavy atom. The Hall–Kier alpha value is -1.63. The van der Waals surface area contributed by atoms with E-state index in [0.717, 1.165) is 26.1 Å². The fraction of sp³-hybridized carbons (Fsp3) is 0.750. The van der Waals surface area contributed by atoms with Crippen molar-refractivity contribution in [1.29, 1.82) is 0 Å². The second kappa shape index (κ2) is 6.01. The summed E-state index contributed by atoms with van der Waals surface area (Å²) in [7, 11) is 1.71. The van der Waals surface area contributed by atoms with Crippen LogP contribution in [0.25, 0.3) is 0 Å². The van der Waals surface area contributed by atoms with E-state index in [1.165, 1.54) is 0 Å². The van der Waals surface area contributed by atoms with Crippen molar-refractivity contribution in [2.24, 2.45) is 11.1 Å². The fourth-order valence-corrected chi connectivity index (χ4v) is 2.29. The Bertz CT molecular complexity index is 390. The molecule has 0 saturated carbocycles. The Morgan fingerprint density at radius 3 is 2.68 bits per heavy atom. The van der Waals surface area contributed by atoms with Crippen LogP contribution >= 0.6 is 0 Å². The van der Waals surface area contributed by atoms with Crippen LogP contribution in [-0.4, -0.2) is 60.5 Å². The van der Waals surface area contributed by atoms with E-state index in [4.69, 9.17) is 14.7 Å². The van der Waals surface area contributed by atoms with Gasteiger partial charge < -0.3 is 19.6 Å². The van der Waals surface area contributed by atoms with Crippen molar-refractivity contribution in [2.45, 2.75) is 25.4 Å². The number of hydrogen-bond acceptors (Lipinski definition) is 5. The minimum absolute atomic E-state index is 0.0340. The molecule has 2 aliphatic rings. The molecule has 1 N–H and O–H groups in total. The summed E-state index contributed by atoms with van der Waals surface area (Å²) >= 11 is 0. The highest BCUT2D eigenvalue weighted by Gasteiger charge is 2.34. The molecule has 1 amide bonds. The van der Waals surface area contributed by atoms with E-state index in [-0.39, 0.29) is 18.0 Å². The number of likely N-dealkylation sites (N-methyl/N-ethyl adjacent to an activating group) is 1. The molecule has 106 valence electrons. The first-order valence-electron chi connectivity index (χ1n) is 6.36. The molecule has 2 aliphatic heterocycles. The van der Waals surface area contributed by atoms with Crippen LogP contribution in [0.5, 0.6) is 0 Å². The van der Waals surface area contributed by atoms with Gasteiger partial charge in [-0.15, -0.1) is 0 Å². The predicted octanol–water partition coefficient (Wildman–Crippen LogP) is 0.101. The number of rotatable bonds is 4. The van der Waals surface area contributed by atoms with Gasteiger partial charge in [-0.3, -0.25) is 4.79 Å². The third-order valence-electron chi connectivity index (χ3n) is 3.44. The number of carbonyl (C=O) groups is 2. The smallest absolute Gasteiger partial charge is 0.353 e. The molecule has 1 saturated heterocycles. The van der Waals surface area contributed by atoms with Gasteiger partial charge in [-0.1, -0.05) is 5.16 Å². The van der Waals surface area contributed by atoms with Gasteiger partial charge in [-0.2, -0.15) is 0 Å². The van der Waals surface area contributed by atoms with Crippen molar-refractivity contribution in [3.63, 3.8) is 0 Å². The lowest BCUT2D eigenvalue weighted by atomic mass is 9.99. The predicted molar refractivity (Wildman–Crippen MR) is 65.7 cm³/mol. The van der Waals surface area contributed by atoms with E-state index < -0.39 is 12.1 Å². The second-order valence-corrected chi connectivity index (χ2v) is 4.92. The standard InChI is InChI=1S/C12H18N2O5/c1-14(7-8-2-4-18-5-3-8)11(15)10-6-9(12(16)17)13-19-10/h8,10H,2-7H2,1H3,(H,16,17). The Kier molecular flexibility index (Phi) is 4.36. The minimum atomic E-state index is -1.14. The molecule has 7 nitrogen and oxygen atoms in total. The van der Waals surface area contributed by atoms with Gasteiger partial charge in [-0.05, 0) is 18.8 Å². The van der Waals surface area contributed by atoms with E-state index in [9.17, 15) is 9.59 Å². The molecule has 2 heterocycles. The lowest BCUT2D eigenvalue weighted by molar-refractivity contribution is -0.141. The van der Waals surface area contributed by atoms with Gasteiger partial charge in [-0.25, -0.2) is 4.79 Å². The van der Waals surface area contributed by atoms with Crippen molar-refractivity contribution in [3.8, 4) is 0 Å². The minimum Gasteiger partial charge on any atom is -0.477 e. The molecule has 19 heavy (non-hydrogen) atoms. The molecule has 0 aromatic carbocycles. The average molecular weight is 270 g/mol. The van der Waals surface area contributed by atoms with Gasteiger partial charge in [0, 0.05) is 33.2 Å². The zero-order valence-electron chi connectivity index (χ0n) is 10.9. The van der Waals surface area contributed by atoms with Crippen LogP contribution in [0.15, 0.2) is 5.16 Å². The van der Waals surface area contributed by atoms with Crippen LogP contribution in [0.2, 0.25) is 0 Å². The number of carbonyl (C=O) groups excluding carboxylic acids is 1. The quantitative estimate of drug-likeness (QED) is 0.782. The molecule has 0 spiro atoms. The molecule has 0 aromatic rings. The monoisotopic (exact) mass is 270 g/mol. The molecule has 2 rings (SSSR count). The number of amides is 1. The van der Waals surface area contributed by atoms with Crippen LogP contribution < -0.4 is 0 Å². The van der Waals surface area contributed by atoms with Crippen molar-refractivity contribution >= 4 is 17.6 Å². The number of hydrogen-bond donors (Lipinski definition) is 1. The average Bonchev–Trinajstić information content (AvgIpc) is 2.88. The third kappa shape index (κ3) is 3.44. The molecule has 0 aliphatic carbocycles. The van der Waals surface area contributed by atoms with E-state index in [2.05, 4.69) is 5.16 Å². The van der Waals surface area contributed by atoms with E-state index >= 15 is 0 Å². The summed E-state index contributed by atoms with van der Waals surface area (Å²) in [6.45, 7) is 2.11. The highest BCUT2D eigenvalue weighted by atomic mass is 16.6. The number of ether oxygens (including phenoxy) is 1. The molecule has 0 radical (unpaired) electrons. The molecule has 7 heteroatoms. The van der Waals surface area contributed by atoms with Crippen molar-refractivity contribution in [3.05, 3.63) is 0 Å². The summed E-state index contributed by atoms with van der Waals surface area (Å²) in [6, 6.07) is 0. The van der Waals surface area contributed by atoms with Crippen LogP contribution in [-0.2, 0) is 19.2 Å². The number of aliphatic carboxylic acids is 1. The number of oxime groups is 1. The summed E-state index contributed by atoms with van der Waals surface area (Å²) in [4.78, 5) is 29.3. The first-order chi connectivity index (χ1) is 9.08. The Balaban J connectivity index is 1.81. The van der Waals surface area contributed by atoms with Gasteiger partial charge in [0.15, 0.2) is 5.71 Å². The maximum atomic E-state index is 12.1. The summed E-state index contributed by atoms with van der Waals surface area (Å²) in [5, 5.41) is 12.2. The number of nitrogens with zero attached hydrogens (tertiary/aromatic N) is 2. The summed E-state index contributed by atoms with van der Waals surface area (Å²) in [6.07, 6.45) is 1.13. The van der Waals surface area contributed by atoms with Crippen LogP contribution in [0.3, 0.4) is 0 Å². The molecule has 1 fully saturated rings. The summed E-state index contributed by atoms with van der Waals surface area (Å²) < 4.78 is 5.27. The first-order valence-corrected chi connectivity index (χ1v) is 6.36. The van der Waals surface area contributed by atoms with Gasteiger partial charge >= 0.3 is 5.97 Å². The lowest BCUT2D eigenvalue weighted by Gasteiger charge is -2.28.